The van der Waals surface area contributed by atoms with Gasteiger partial charge in [-0.1, -0.05) is 0 Å². The molecule has 0 aromatic rings. The maximum Gasteiger partial charge on any atom is 0.243 e. The fourth-order valence-electron chi connectivity index (χ4n) is 3.02. The van der Waals surface area contributed by atoms with Crippen LogP contribution in [0.5, 0.6) is 0 Å². The Labute approximate surface area is 109 Å². The van der Waals surface area contributed by atoms with Gasteiger partial charge >= 0.3 is 0 Å². The van der Waals surface area contributed by atoms with Crippen molar-refractivity contribution in [2.45, 2.75) is 62.4 Å². The minimum atomic E-state index is -3.41. The van der Waals surface area contributed by atoms with Crippen LogP contribution in [0.1, 0.15) is 39.5 Å². The summed E-state index contributed by atoms with van der Waals surface area (Å²) in [5.41, 5.74) is 5.96. The monoisotopic (exact) mass is 274 g/mol. The Kier molecular flexibility index (Phi) is 3.22. The highest BCUT2D eigenvalue weighted by Crippen LogP contribution is 2.37. The zero-order chi connectivity index (χ0) is 13.7. The van der Waals surface area contributed by atoms with Crippen molar-refractivity contribution in [3.63, 3.8) is 0 Å². The molecule has 2 atom stereocenters. The van der Waals surface area contributed by atoms with E-state index in [1.807, 2.05) is 0 Å². The van der Waals surface area contributed by atoms with E-state index < -0.39 is 14.6 Å². The number of rotatable bonds is 2. The standard InChI is InChI=1S/C12H22N2O3S/c1-12(2,18(3,16)17)11(15)14-9-4-5-10(14)7-8(13)6-9/h8-10H,4-7,13H2,1-3H3. The van der Waals surface area contributed by atoms with Crippen LogP contribution < -0.4 is 5.73 Å². The lowest BCUT2D eigenvalue weighted by atomic mass is 9.96. The molecule has 2 unspecified atom stereocenters. The molecule has 0 aliphatic carbocycles. The molecule has 0 saturated carbocycles. The molecule has 2 saturated heterocycles. The van der Waals surface area contributed by atoms with Crippen molar-refractivity contribution < 1.29 is 13.2 Å². The third-order valence-corrected chi connectivity index (χ3v) is 6.47. The summed E-state index contributed by atoms with van der Waals surface area (Å²) < 4.78 is 22.2. The minimum Gasteiger partial charge on any atom is -0.335 e. The first-order valence-corrected chi connectivity index (χ1v) is 8.31. The number of hydrogen-bond donors (Lipinski definition) is 1. The Bertz CT molecular complexity index is 444. The van der Waals surface area contributed by atoms with Crippen molar-refractivity contribution in [3.8, 4) is 0 Å². The number of piperidine rings is 1. The normalized spacial score (nSPS) is 32.7. The number of amides is 1. The molecule has 18 heavy (non-hydrogen) atoms. The van der Waals surface area contributed by atoms with E-state index in [1.165, 1.54) is 13.8 Å². The molecule has 2 fully saturated rings. The van der Waals surface area contributed by atoms with Gasteiger partial charge in [0.15, 0.2) is 9.84 Å². The largest absolute Gasteiger partial charge is 0.335 e. The van der Waals surface area contributed by atoms with E-state index in [2.05, 4.69) is 0 Å². The van der Waals surface area contributed by atoms with Gasteiger partial charge in [0.05, 0.1) is 0 Å². The van der Waals surface area contributed by atoms with Crippen LogP contribution in [0.15, 0.2) is 0 Å². The van der Waals surface area contributed by atoms with Gasteiger partial charge in [-0.25, -0.2) is 8.42 Å². The smallest absolute Gasteiger partial charge is 0.243 e. The van der Waals surface area contributed by atoms with Crippen LogP contribution in [0.4, 0.5) is 0 Å². The third-order valence-electron chi connectivity index (χ3n) is 4.45. The molecule has 104 valence electrons. The van der Waals surface area contributed by atoms with Crippen LogP contribution >= 0.6 is 0 Å². The van der Waals surface area contributed by atoms with Crippen LogP contribution in [0.3, 0.4) is 0 Å². The van der Waals surface area contributed by atoms with Crippen LogP contribution in [0, 0.1) is 0 Å². The lowest BCUT2D eigenvalue weighted by Crippen LogP contribution is -2.57. The minimum absolute atomic E-state index is 0.132. The van der Waals surface area contributed by atoms with Gasteiger partial charge in [-0.2, -0.15) is 0 Å². The van der Waals surface area contributed by atoms with Gasteiger partial charge in [0.25, 0.3) is 0 Å². The molecule has 6 heteroatoms. The number of nitrogens with zero attached hydrogens (tertiary/aromatic N) is 1. The van der Waals surface area contributed by atoms with Gasteiger partial charge < -0.3 is 10.6 Å². The zero-order valence-corrected chi connectivity index (χ0v) is 12.0. The second-order valence-electron chi connectivity index (χ2n) is 6.11. The maximum absolute atomic E-state index is 12.5. The highest BCUT2D eigenvalue weighted by atomic mass is 32.2. The van der Waals surface area contributed by atoms with E-state index in [4.69, 9.17) is 5.73 Å². The average Bonchev–Trinajstić information content (AvgIpc) is 2.48. The van der Waals surface area contributed by atoms with Crippen molar-refractivity contribution in [2.75, 3.05) is 6.26 Å². The molecule has 0 aromatic carbocycles. The molecule has 2 N–H and O–H groups in total. The van der Waals surface area contributed by atoms with Crippen LogP contribution in [-0.2, 0) is 14.6 Å². The second-order valence-corrected chi connectivity index (χ2v) is 8.68. The Hall–Kier alpha value is -0.620. The molecular formula is C12H22N2O3S. The van der Waals surface area contributed by atoms with Crippen LogP contribution in [0.25, 0.3) is 0 Å². The van der Waals surface area contributed by atoms with Crippen molar-refractivity contribution >= 4 is 15.7 Å². The van der Waals surface area contributed by atoms with E-state index >= 15 is 0 Å². The van der Waals surface area contributed by atoms with E-state index in [0.29, 0.717) is 0 Å². The van der Waals surface area contributed by atoms with Gasteiger partial charge in [0.1, 0.15) is 4.75 Å². The summed E-state index contributed by atoms with van der Waals surface area (Å²) in [5.74, 6) is -0.260. The predicted octanol–water partition coefficient (Wildman–Crippen LogP) is 0.290. The molecule has 2 aliphatic heterocycles. The molecule has 0 aromatic heterocycles. The molecule has 2 heterocycles. The molecule has 2 rings (SSSR count). The lowest BCUT2D eigenvalue weighted by Gasteiger charge is -2.41. The first-order valence-electron chi connectivity index (χ1n) is 6.42. The molecule has 5 nitrogen and oxygen atoms in total. The molecule has 0 spiro atoms. The van der Waals surface area contributed by atoms with Gasteiger partial charge in [-0.3, -0.25) is 4.79 Å². The topological polar surface area (TPSA) is 80.5 Å². The van der Waals surface area contributed by atoms with Crippen LogP contribution in [0.2, 0.25) is 0 Å². The predicted molar refractivity (Wildman–Crippen MR) is 69.8 cm³/mol. The third kappa shape index (κ3) is 2.05. The van der Waals surface area contributed by atoms with E-state index in [0.717, 1.165) is 31.9 Å². The van der Waals surface area contributed by atoms with E-state index in [1.54, 1.807) is 4.90 Å². The summed E-state index contributed by atoms with van der Waals surface area (Å²) in [6, 6.07) is 0.410. The quantitative estimate of drug-likeness (QED) is 0.785. The van der Waals surface area contributed by atoms with Crippen molar-refractivity contribution in [2.24, 2.45) is 5.73 Å². The number of nitrogens with two attached hydrogens (primary N) is 1. The first-order chi connectivity index (χ1) is 8.14. The summed E-state index contributed by atoms with van der Waals surface area (Å²) >= 11 is 0. The molecule has 1 amide bonds. The van der Waals surface area contributed by atoms with E-state index in [-0.39, 0.29) is 24.0 Å². The molecule has 2 bridgehead atoms. The zero-order valence-electron chi connectivity index (χ0n) is 11.2. The average molecular weight is 274 g/mol. The fraction of sp³-hybridized carbons (Fsp3) is 0.917. The Morgan fingerprint density at radius 1 is 1.22 bits per heavy atom. The number of sulfone groups is 1. The SMILES string of the molecule is CC(C)(C(=O)N1C2CCC1CC(N)C2)S(C)(=O)=O. The van der Waals surface area contributed by atoms with Crippen molar-refractivity contribution in [1.29, 1.82) is 0 Å². The lowest BCUT2D eigenvalue weighted by molar-refractivity contribution is -0.137. The first kappa shape index (κ1) is 13.8. The summed E-state index contributed by atoms with van der Waals surface area (Å²) in [6.07, 6.45) is 4.61. The summed E-state index contributed by atoms with van der Waals surface area (Å²) in [4.78, 5) is 14.3. The Morgan fingerprint density at radius 2 is 1.67 bits per heavy atom. The number of hydrogen-bond acceptors (Lipinski definition) is 4. The highest BCUT2D eigenvalue weighted by Gasteiger charge is 2.49. The van der Waals surface area contributed by atoms with Gasteiger partial charge in [0, 0.05) is 24.4 Å². The number of carbonyl (C=O) groups excluding carboxylic acids is 1. The maximum atomic E-state index is 12.5. The van der Waals surface area contributed by atoms with Gasteiger partial charge in [0.2, 0.25) is 5.91 Å². The van der Waals surface area contributed by atoms with E-state index in [9.17, 15) is 13.2 Å². The molecule has 2 aliphatic rings. The Morgan fingerprint density at radius 3 is 2.06 bits per heavy atom. The van der Waals surface area contributed by atoms with Gasteiger partial charge in [-0.15, -0.1) is 0 Å². The summed E-state index contributed by atoms with van der Waals surface area (Å²) in [5, 5.41) is 0. The Balaban J connectivity index is 2.26. The molecule has 0 radical (unpaired) electrons. The van der Waals surface area contributed by atoms with Crippen molar-refractivity contribution in [3.05, 3.63) is 0 Å². The number of carbonyl (C=O) groups is 1. The summed E-state index contributed by atoms with van der Waals surface area (Å²) in [6.45, 7) is 3.00. The second kappa shape index (κ2) is 4.20. The number of fused-ring (bicyclic) bond motifs is 2. The molecular weight excluding hydrogens is 252 g/mol. The van der Waals surface area contributed by atoms with Crippen LogP contribution in [-0.4, -0.2) is 48.4 Å². The van der Waals surface area contributed by atoms with Gasteiger partial charge in [-0.05, 0) is 39.5 Å². The summed E-state index contributed by atoms with van der Waals surface area (Å²) in [7, 11) is -3.41. The highest BCUT2D eigenvalue weighted by molar-refractivity contribution is 7.92. The van der Waals surface area contributed by atoms with Crippen molar-refractivity contribution in [1.82, 2.24) is 4.90 Å². The fourth-order valence-corrected chi connectivity index (χ4v) is 3.44.